The predicted octanol–water partition coefficient (Wildman–Crippen LogP) is 3.93. The van der Waals surface area contributed by atoms with Gasteiger partial charge in [-0.2, -0.15) is 0 Å². The molecule has 0 fully saturated rings. The number of nitrogens with one attached hydrogen (secondary N) is 1. The molecule has 1 aromatic carbocycles. The monoisotopic (exact) mass is 249 g/mol. The van der Waals surface area contributed by atoms with Gasteiger partial charge in [0.2, 0.25) is 0 Å². The lowest BCUT2D eigenvalue weighted by molar-refractivity contribution is 0.0487. The first-order chi connectivity index (χ1) is 8.74. The Labute approximate surface area is 112 Å². The highest BCUT2D eigenvalue weighted by atomic mass is 16.5. The molecule has 0 saturated carbocycles. The van der Waals surface area contributed by atoms with Gasteiger partial charge in [-0.05, 0) is 12.0 Å². The van der Waals surface area contributed by atoms with E-state index < -0.39 is 0 Å². The van der Waals surface area contributed by atoms with Gasteiger partial charge in [-0.25, -0.2) is 0 Å². The Morgan fingerprint density at radius 1 is 1.11 bits per heavy atom. The molecule has 0 aromatic heterocycles. The van der Waals surface area contributed by atoms with Crippen molar-refractivity contribution in [3.8, 4) is 0 Å². The molecule has 0 spiro atoms. The summed E-state index contributed by atoms with van der Waals surface area (Å²) in [5, 5.41) is 3.46. The first kappa shape index (κ1) is 15.2. The summed E-state index contributed by atoms with van der Waals surface area (Å²) >= 11 is 0. The van der Waals surface area contributed by atoms with Crippen molar-refractivity contribution in [2.75, 3.05) is 13.2 Å². The van der Waals surface area contributed by atoms with Gasteiger partial charge in [-0.3, -0.25) is 0 Å². The van der Waals surface area contributed by atoms with E-state index in [1.807, 2.05) is 6.07 Å². The molecule has 2 heteroatoms. The van der Waals surface area contributed by atoms with E-state index in [2.05, 4.69) is 50.4 Å². The standard InChI is InChI=1S/C16H27NO/c1-4-5-9-12-18-16(13-17-14(2)3)15-10-7-6-8-11-15/h6-8,10-11,14,16-17H,4-5,9,12-13H2,1-3H3. The van der Waals surface area contributed by atoms with E-state index in [1.165, 1.54) is 18.4 Å². The molecule has 1 unspecified atom stereocenters. The van der Waals surface area contributed by atoms with Gasteiger partial charge >= 0.3 is 0 Å². The Hall–Kier alpha value is -0.860. The van der Waals surface area contributed by atoms with E-state index in [0.717, 1.165) is 19.6 Å². The van der Waals surface area contributed by atoms with E-state index in [9.17, 15) is 0 Å². The van der Waals surface area contributed by atoms with Crippen LogP contribution in [-0.2, 0) is 4.74 Å². The molecule has 0 radical (unpaired) electrons. The summed E-state index contributed by atoms with van der Waals surface area (Å²) in [7, 11) is 0. The Kier molecular flexibility index (Phi) is 7.70. The van der Waals surface area contributed by atoms with Crippen molar-refractivity contribution in [1.82, 2.24) is 5.32 Å². The highest BCUT2D eigenvalue weighted by Crippen LogP contribution is 2.17. The second-order valence-corrected chi connectivity index (χ2v) is 5.04. The summed E-state index contributed by atoms with van der Waals surface area (Å²) in [6.45, 7) is 8.29. The number of hydrogen-bond donors (Lipinski definition) is 1. The van der Waals surface area contributed by atoms with Gasteiger partial charge in [0.15, 0.2) is 0 Å². The van der Waals surface area contributed by atoms with E-state index in [4.69, 9.17) is 4.74 Å². The van der Waals surface area contributed by atoms with Gasteiger partial charge in [0, 0.05) is 19.2 Å². The van der Waals surface area contributed by atoms with Crippen LogP contribution in [-0.4, -0.2) is 19.2 Å². The second-order valence-electron chi connectivity index (χ2n) is 5.04. The summed E-state index contributed by atoms with van der Waals surface area (Å²) in [6.07, 6.45) is 3.81. The molecule has 0 amide bonds. The van der Waals surface area contributed by atoms with Crippen molar-refractivity contribution in [1.29, 1.82) is 0 Å². The zero-order chi connectivity index (χ0) is 13.2. The molecule has 0 bridgehead atoms. The van der Waals surface area contributed by atoms with Gasteiger partial charge in [0.1, 0.15) is 0 Å². The summed E-state index contributed by atoms with van der Waals surface area (Å²) in [6, 6.07) is 11.0. The average molecular weight is 249 g/mol. The molecular weight excluding hydrogens is 222 g/mol. The molecular formula is C16H27NO. The predicted molar refractivity (Wildman–Crippen MR) is 77.8 cm³/mol. The SMILES string of the molecule is CCCCCOC(CNC(C)C)c1ccccc1. The third kappa shape index (κ3) is 6.18. The van der Waals surface area contributed by atoms with Crippen LogP contribution < -0.4 is 5.32 Å². The molecule has 2 nitrogen and oxygen atoms in total. The van der Waals surface area contributed by atoms with Crippen molar-refractivity contribution in [3.05, 3.63) is 35.9 Å². The summed E-state index contributed by atoms with van der Waals surface area (Å²) in [5.41, 5.74) is 1.27. The fraction of sp³-hybridized carbons (Fsp3) is 0.625. The molecule has 102 valence electrons. The molecule has 0 heterocycles. The molecule has 0 aliphatic heterocycles. The normalized spacial score (nSPS) is 12.9. The Bertz CT molecular complexity index is 297. The van der Waals surface area contributed by atoms with E-state index in [-0.39, 0.29) is 6.10 Å². The van der Waals surface area contributed by atoms with Crippen molar-refractivity contribution >= 4 is 0 Å². The van der Waals surface area contributed by atoms with Crippen LogP contribution in [0.5, 0.6) is 0 Å². The minimum Gasteiger partial charge on any atom is -0.372 e. The largest absolute Gasteiger partial charge is 0.372 e. The molecule has 0 aliphatic carbocycles. The quantitative estimate of drug-likeness (QED) is 0.669. The van der Waals surface area contributed by atoms with E-state index in [1.54, 1.807) is 0 Å². The lowest BCUT2D eigenvalue weighted by Crippen LogP contribution is -2.29. The lowest BCUT2D eigenvalue weighted by atomic mass is 10.1. The van der Waals surface area contributed by atoms with E-state index >= 15 is 0 Å². The van der Waals surface area contributed by atoms with Crippen LogP contribution in [0.2, 0.25) is 0 Å². The fourth-order valence-electron chi connectivity index (χ4n) is 1.86. The molecule has 1 N–H and O–H groups in total. The van der Waals surface area contributed by atoms with Crippen LogP contribution in [0.3, 0.4) is 0 Å². The Balaban J connectivity index is 2.47. The topological polar surface area (TPSA) is 21.3 Å². The third-order valence-electron chi connectivity index (χ3n) is 2.95. The highest BCUT2D eigenvalue weighted by Gasteiger charge is 2.11. The summed E-state index contributed by atoms with van der Waals surface area (Å²) in [5.74, 6) is 0. The zero-order valence-electron chi connectivity index (χ0n) is 12.0. The van der Waals surface area contributed by atoms with Crippen molar-refractivity contribution in [2.24, 2.45) is 0 Å². The second kappa shape index (κ2) is 9.12. The van der Waals surface area contributed by atoms with Crippen LogP contribution in [0, 0.1) is 0 Å². The number of unbranched alkanes of at least 4 members (excludes halogenated alkanes) is 2. The number of rotatable bonds is 9. The molecule has 0 aliphatic rings. The number of ether oxygens (including phenoxy) is 1. The number of hydrogen-bond acceptors (Lipinski definition) is 2. The molecule has 1 atom stereocenters. The number of benzene rings is 1. The van der Waals surface area contributed by atoms with Crippen molar-refractivity contribution in [2.45, 2.75) is 52.2 Å². The van der Waals surface area contributed by atoms with Gasteiger partial charge in [0.05, 0.1) is 6.10 Å². The smallest absolute Gasteiger partial charge is 0.0949 e. The van der Waals surface area contributed by atoms with Gasteiger partial charge in [-0.1, -0.05) is 63.9 Å². The first-order valence-electron chi connectivity index (χ1n) is 7.14. The Morgan fingerprint density at radius 3 is 2.44 bits per heavy atom. The molecule has 18 heavy (non-hydrogen) atoms. The summed E-state index contributed by atoms with van der Waals surface area (Å²) in [4.78, 5) is 0. The molecule has 1 rings (SSSR count). The van der Waals surface area contributed by atoms with Gasteiger partial charge in [0.25, 0.3) is 0 Å². The maximum Gasteiger partial charge on any atom is 0.0949 e. The van der Waals surface area contributed by atoms with Crippen molar-refractivity contribution in [3.63, 3.8) is 0 Å². The minimum atomic E-state index is 0.172. The Morgan fingerprint density at radius 2 is 1.83 bits per heavy atom. The summed E-state index contributed by atoms with van der Waals surface area (Å²) < 4.78 is 6.02. The van der Waals surface area contributed by atoms with Gasteiger partial charge in [-0.15, -0.1) is 0 Å². The van der Waals surface area contributed by atoms with Gasteiger partial charge < -0.3 is 10.1 Å². The molecule has 1 aromatic rings. The minimum absolute atomic E-state index is 0.172. The molecule has 0 saturated heterocycles. The van der Waals surface area contributed by atoms with Crippen LogP contribution >= 0.6 is 0 Å². The van der Waals surface area contributed by atoms with E-state index in [0.29, 0.717) is 6.04 Å². The maximum absolute atomic E-state index is 6.02. The van der Waals surface area contributed by atoms with Crippen LogP contribution in [0.15, 0.2) is 30.3 Å². The van der Waals surface area contributed by atoms with Crippen molar-refractivity contribution < 1.29 is 4.74 Å². The van der Waals surface area contributed by atoms with Crippen LogP contribution in [0.25, 0.3) is 0 Å². The van der Waals surface area contributed by atoms with Crippen LogP contribution in [0.1, 0.15) is 51.7 Å². The first-order valence-corrected chi connectivity index (χ1v) is 7.14. The lowest BCUT2D eigenvalue weighted by Gasteiger charge is -2.20. The zero-order valence-corrected chi connectivity index (χ0v) is 12.0. The average Bonchev–Trinajstić information content (AvgIpc) is 2.38. The maximum atomic E-state index is 6.02. The van der Waals surface area contributed by atoms with Crippen LogP contribution in [0.4, 0.5) is 0 Å². The highest BCUT2D eigenvalue weighted by molar-refractivity contribution is 5.17. The third-order valence-corrected chi connectivity index (χ3v) is 2.95. The fourth-order valence-corrected chi connectivity index (χ4v) is 1.86.